The molecule has 1 aromatic carbocycles. The van der Waals surface area contributed by atoms with E-state index in [4.69, 9.17) is 4.74 Å². The molecule has 0 aliphatic carbocycles. The highest BCUT2D eigenvalue weighted by molar-refractivity contribution is 5.28. The first-order valence-corrected chi connectivity index (χ1v) is 6.26. The van der Waals surface area contributed by atoms with Gasteiger partial charge in [0.15, 0.2) is 0 Å². The Morgan fingerprint density at radius 3 is 2.88 bits per heavy atom. The lowest BCUT2D eigenvalue weighted by Gasteiger charge is -2.09. The van der Waals surface area contributed by atoms with E-state index in [0.29, 0.717) is 12.5 Å². The van der Waals surface area contributed by atoms with Gasteiger partial charge in [-0.25, -0.2) is 0 Å². The minimum Gasteiger partial charge on any atom is -0.490 e. The molecule has 0 amide bonds. The number of hydrogen-bond donors (Lipinski definition) is 1. The van der Waals surface area contributed by atoms with Gasteiger partial charge in [0.1, 0.15) is 12.4 Å². The summed E-state index contributed by atoms with van der Waals surface area (Å²) in [6.45, 7) is 9.00. The fraction of sp³-hybridized carbons (Fsp3) is 0.467. The van der Waals surface area contributed by atoms with Gasteiger partial charge in [-0.3, -0.25) is 0 Å². The molecule has 0 saturated carbocycles. The minimum atomic E-state index is 0.638. The Hall–Kier alpha value is -1.28. The second-order valence-electron chi connectivity index (χ2n) is 4.55. The monoisotopic (exact) mass is 233 g/mol. The van der Waals surface area contributed by atoms with E-state index in [1.54, 1.807) is 0 Å². The molecule has 0 unspecified atom stereocenters. The average Bonchev–Trinajstić information content (AvgIpc) is 2.29. The molecule has 0 aliphatic rings. The van der Waals surface area contributed by atoms with Crippen LogP contribution in [0.5, 0.6) is 5.75 Å². The molecule has 2 heteroatoms. The highest BCUT2D eigenvalue weighted by Gasteiger charge is 1.97. The van der Waals surface area contributed by atoms with Gasteiger partial charge in [-0.05, 0) is 37.1 Å². The van der Waals surface area contributed by atoms with Crippen molar-refractivity contribution in [1.82, 2.24) is 5.32 Å². The predicted molar refractivity (Wildman–Crippen MR) is 73.3 cm³/mol. The van der Waals surface area contributed by atoms with Gasteiger partial charge in [0.25, 0.3) is 0 Å². The summed E-state index contributed by atoms with van der Waals surface area (Å²) in [5.41, 5.74) is 1.27. The average molecular weight is 233 g/mol. The van der Waals surface area contributed by atoms with E-state index in [1.165, 1.54) is 5.56 Å². The number of hydrogen-bond acceptors (Lipinski definition) is 2. The van der Waals surface area contributed by atoms with Crippen molar-refractivity contribution in [1.29, 1.82) is 0 Å². The van der Waals surface area contributed by atoms with Gasteiger partial charge in [0.2, 0.25) is 0 Å². The molecular weight excluding hydrogens is 210 g/mol. The zero-order chi connectivity index (χ0) is 12.5. The first-order chi connectivity index (χ1) is 8.22. The highest BCUT2D eigenvalue weighted by atomic mass is 16.5. The molecule has 0 bridgehead atoms. The lowest BCUT2D eigenvalue weighted by Crippen LogP contribution is -2.18. The molecule has 17 heavy (non-hydrogen) atoms. The Morgan fingerprint density at radius 2 is 2.18 bits per heavy atom. The quantitative estimate of drug-likeness (QED) is 0.729. The van der Waals surface area contributed by atoms with E-state index in [2.05, 4.69) is 31.3 Å². The Kier molecular flexibility index (Phi) is 6.41. The molecule has 0 saturated heterocycles. The molecule has 94 valence electrons. The van der Waals surface area contributed by atoms with Crippen molar-refractivity contribution in [2.45, 2.75) is 27.3 Å². The lowest BCUT2D eigenvalue weighted by atomic mass is 10.2. The van der Waals surface area contributed by atoms with Crippen LogP contribution >= 0.6 is 0 Å². The van der Waals surface area contributed by atoms with Gasteiger partial charge in [-0.15, -0.1) is 0 Å². The van der Waals surface area contributed by atoms with Crippen molar-refractivity contribution in [2.24, 2.45) is 5.92 Å². The summed E-state index contributed by atoms with van der Waals surface area (Å²) in [4.78, 5) is 0. The van der Waals surface area contributed by atoms with E-state index < -0.39 is 0 Å². The molecule has 0 aromatic heterocycles. The van der Waals surface area contributed by atoms with Crippen molar-refractivity contribution in [3.05, 3.63) is 42.0 Å². The molecule has 0 aliphatic heterocycles. The van der Waals surface area contributed by atoms with Crippen LogP contribution in [0, 0.1) is 5.92 Å². The summed E-state index contributed by atoms with van der Waals surface area (Å²) in [6.07, 6.45) is 4.00. The third-order valence-electron chi connectivity index (χ3n) is 2.36. The van der Waals surface area contributed by atoms with Crippen LogP contribution in [-0.4, -0.2) is 13.2 Å². The van der Waals surface area contributed by atoms with E-state index >= 15 is 0 Å². The standard InChI is InChI=1S/C15H23NO/c1-4-5-9-17-15-8-6-7-14(10-15)12-16-11-13(2)3/h4-8,10,13,16H,9,11-12H2,1-3H3. The molecule has 0 heterocycles. The normalized spacial score (nSPS) is 11.3. The number of allylic oxidation sites excluding steroid dienone is 1. The Balaban J connectivity index is 2.42. The van der Waals surface area contributed by atoms with Gasteiger partial charge in [-0.1, -0.05) is 38.1 Å². The van der Waals surface area contributed by atoms with Crippen molar-refractivity contribution in [2.75, 3.05) is 13.2 Å². The van der Waals surface area contributed by atoms with Crippen LogP contribution in [-0.2, 0) is 6.54 Å². The SMILES string of the molecule is CC=CCOc1cccc(CNCC(C)C)c1. The zero-order valence-corrected chi connectivity index (χ0v) is 11.1. The summed E-state index contributed by atoms with van der Waals surface area (Å²) < 4.78 is 5.60. The van der Waals surface area contributed by atoms with Gasteiger partial charge in [0, 0.05) is 6.54 Å². The fourth-order valence-corrected chi connectivity index (χ4v) is 1.49. The molecule has 0 fully saturated rings. The molecular formula is C15H23NO. The first kappa shape index (κ1) is 13.8. The highest BCUT2D eigenvalue weighted by Crippen LogP contribution is 2.13. The molecule has 1 aromatic rings. The summed E-state index contributed by atoms with van der Waals surface area (Å²) in [5, 5.41) is 3.43. The van der Waals surface area contributed by atoms with Crippen LogP contribution in [0.3, 0.4) is 0 Å². The first-order valence-electron chi connectivity index (χ1n) is 6.26. The molecule has 1 rings (SSSR count). The van der Waals surface area contributed by atoms with Gasteiger partial charge < -0.3 is 10.1 Å². The fourth-order valence-electron chi connectivity index (χ4n) is 1.49. The Labute approximate surface area is 105 Å². The van der Waals surface area contributed by atoms with Gasteiger partial charge in [-0.2, -0.15) is 0 Å². The molecule has 0 atom stereocenters. The molecule has 0 spiro atoms. The summed E-state index contributed by atoms with van der Waals surface area (Å²) in [6, 6.07) is 8.25. The Bertz CT molecular complexity index is 345. The van der Waals surface area contributed by atoms with Crippen LogP contribution in [0.15, 0.2) is 36.4 Å². The van der Waals surface area contributed by atoms with E-state index in [1.807, 2.05) is 31.2 Å². The van der Waals surface area contributed by atoms with E-state index in [9.17, 15) is 0 Å². The van der Waals surface area contributed by atoms with Crippen molar-refractivity contribution in [3.63, 3.8) is 0 Å². The third kappa shape index (κ3) is 6.12. The minimum absolute atomic E-state index is 0.638. The van der Waals surface area contributed by atoms with Crippen molar-refractivity contribution in [3.8, 4) is 5.75 Å². The number of rotatable bonds is 7. The van der Waals surface area contributed by atoms with Crippen LogP contribution in [0.4, 0.5) is 0 Å². The predicted octanol–water partition coefficient (Wildman–Crippen LogP) is 3.39. The topological polar surface area (TPSA) is 21.3 Å². The molecule has 2 nitrogen and oxygen atoms in total. The smallest absolute Gasteiger partial charge is 0.120 e. The van der Waals surface area contributed by atoms with E-state index in [0.717, 1.165) is 18.8 Å². The summed E-state index contributed by atoms with van der Waals surface area (Å²) >= 11 is 0. The van der Waals surface area contributed by atoms with Gasteiger partial charge in [0.05, 0.1) is 0 Å². The Morgan fingerprint density at radius 1 is 1.35 bits per heavy atom. The maximum Gasteiger partial charge on any atom is 0.120 e. The van der Waals surface area contributed by atoms with Crippen LogP contribution in [0.2, 0.25) is 0 Å². The molecule has 1 N–H and O–H groups in total. The summed E-state index contributed by atoms with van der Waals surface area (Å²) in [5.74, 6) is 1.62. The van der Waals surface area contributed by atoms with E-state index in [-0.39, 0.29) is 0 Å². The summed E-state index contributed by atoms with van der Waals surface area (Å²) in [7, 11) is 0. The van der Waals surface area contributed by atoms with Crippen LogP contribution in [0.25, 0.3) is 0 Å². The number of nitrogens with one attached hydrogen (secondary N) is 1. The third-order valence-corrected chi connectivity index (χ3v) is 2.36. The molecule has 0 radical (unpaired) electrons. The van der Waals surface area contributed by atoms with Crippen LogP contribution in [0.1, 0.15) is 26.3 Å². The second kappa shape index (κ2) is 7.91. The largest absolute Gasteiger partial charge is 0.490 e. The van der Waals surface area contributed by atoms with Crippen molar-refractivity contribution < 1.29 is 4.74 Å². The second-order valence-corrected chi connectivity index (χ2v) is 4.55. The zero-order valence-electron chi connectivity index (χ0n) is 11.1. The van der Waals surface area contributed by atoms with Crippen molar-refractivity contribution >= 4 is 0 Å². The number of ether oxygens (including phenoxy) is 1. The van der Waals surface area contributed by atoms with Gasteiger partial charge >= 0.3 is 0 Å². The number of benzene rings is 1. The lowest BCUT2D eigenvalue weighted by molar-refractivity contribution is 0.362. The maximum atomic E-state index is 5.60. The maximum absolute atomic E-state index is 5.60. The van der Waals surface area contributed by atoms with Crippen LogP contribution < -0.4 is 10.1 Å².